The van der Waals surface area contributed by atoms with Crippen molar-refractivity contribution in [3.8, 4) is 0 Å². The number of halogens is 1. The standard InChI is InChI=1S/C21H25FN2O3S/c1-28(26,27)24(20-13-5-4-11-18(20)22)15-7-14-21(25)23-19-12-6-9-16-8-2-3-10-17(16)19/h2-5,8,10-11,13,19H,6-7,9,12,14-15H2,1H3,(H,23,25). The molecule has 0 aliphatic heterocycles. The van der Waals surface area contributed by atoms with Crippen molar-refractivity contribution >= 4 is 21.6 Å². The van der Waals surface area contributed by atoms with Gasteiger partial charge in [-0.25, -0.2) is 12.8 Å². The molecule has 28 heavy (non-hydrogen) atoms. The summed E-state index contributed by atoms with van der Waals surface area (Å²) in [6.45, 7) is 0.0500. The number of anilines is 1. The molecule has 5 nitrogen and oxygen atoms in total. The Morgan fingerprint density at radius 1 is 1.18 bits per heavy atom. The fraction of sp³-hybridized carbons (Fsp3) is 0.381. The van der Waals surface area contributed by atoms with Gasteiger partial charge in [0, 0.05) is 13.0 Å². The SMILES string of the molecule is CS(=O)(=O)N(CCCC(=O)NC1CCCc2ccccc21)c1ccccc1F. The first-order valence-electron chi connectivity index (χ1n) is 9.45. The second-order valence-corrected chi connectivity index (χ2v) is 9.01. The van der Waals surface area contributed by atoms with Gasteiger partial charge in [0.2, 0.25) is 15.9 Å². The Morgan fingerprint density at radius 3 is 2.64 bits per heavy atom. The van der Waals surface area contributed by atoms with E-state index in [1.54, 1.807) is 6.07 Å². The number of carbonyl (C=O) groups excluding carboxylic acids is 1. The van der Waals surface area contributed by atoms with Crippen LogP contribution in [0.3, 0.4) is 0 Å². The average Bonchev–Trinajstić information content (AvgIpc) is 2.65. The van der Waals surface area contributed by atoms with Gasteiger partial charge in [-0.2, -0.15) is 0 Å². The van der Waals surface area contributed by atoms with Gasteiger partial charge in [0.15, 0.2) is 0 Å². The Kier molecular flexibility index (Phi) is 6.34. The summed E-state index contributed by atoms with van der Waals surface area (Å²) in [4.78, 5) is 12.4. The average molecular weight is 405 g/mol. The van der Waals surface area contributed by atoms with E-state index in [-0.39, 0.29) is 30.6 Å². The van der Waals surface area contributed by atoms with Crippen LogP contribution in [0.1, 0.15) is 42.9 Å². The lowest BCUT2D eigenvalue weighted by Crippen LogP contribution is -2.34. The molecule has 2 aromatic rings. The Balaban J connectivity index is 1.59. The van der Waals surface area contributed by atoms with Crippen molar-refractivity contribution in [2.24, 2.45) is 0 Å². The summed E-state index contributed by atoms with van der Waals surface area (Å²) < 4.78 is 39.2. The highest BCUT2D eigenvalue weighted by molar-refractivity contribution is 7.92. The zero-order valence-corrected chi connectivity index (χ0v) is 16.7. The highest BCUT2D eigenvalue weighted by Gasteiger charge is 2.23. The topological polar surface area (TPSA) is 66.5 Å². The van der Waals surface area contributed by atoms with Crippen LogP contribution in [0.5, 0.6) is 0 Å². The number of rotatable bonds is 7. The summed E-state index contributed by atoms with van der Waals surface area (Å²) in [5, 5.41) is 3.06. The van der Waals surface area contributed by atoms with E-state index in [9.17, 15) is 17.6 Å². The molecule has 1 atom stereocenters. The molecule has 0 heterocycles. The molecule has 1 N–H and O–H groups in total. The predicted molar refractivity (Wildman–Crippen MR) is 108 cm³/mol. The molecule has 0 saturated carbocycles. The van der Waals surface area contributed by atoms with Crippen molar-refractivity contribution in [2.45, 2.75) is 38.1 Å². The van der Waals surface area contributed by atoms with Crippen molar-refractivity contribution < 1.29 is 17.6 Å². The van der Waals surface area contributed by atoms with Crippen molar-refractivity contribution in [1.82, 2.24) is 5.32 Å². The first kappa shape index (κ1) is 20.3. The van der Waals surface area contributed by atoms with E-state index < -0.39 is 15.8 Å². The third-order valence-corrected chi connectivity index (χ3v) is 6.17. The lowest BCUT2D eigenvalue weighted by atomic mass is 9.87. The predicted octanol–water partition coefficient (Wildman–Crippen LogP) is 3.57. The lowest BCUT2D eigenvalue weighted by Gasteiger charge is -2.26. The van der Waals surface area contributed by atoms with E-state index >= 15 is 0 Å². The van der Waals surface area contributed by atoms with E-state index in [1.165, 1.54) is 23.8 Å². The first-order chi connectivity index (χ1) is 13.4. The molecule has 150 valence electrons. The Bertz CT molecular complexity index is 946. The minimum Gasteiger partial charge on any atom is -0.349 e. The molecule has 0 spiro atoms. The molecule has 0 radical (unpaired) electrons. The Labute approximate surface area is 165 Å². The van der Waals surface area contributed by atoms with Gasteiger partial charge in [-0.3, -0.25) is 9.10 Å². The molecule has 1 amide bonds. The molecule has 0 saturated heterocycles. The number of benzene rings is 2. The molecule has 1 aliphatic carbocycles. The zero-order valence-electron chi connectivity index (χ0n) is 15.9. The molecule has 1 unspecified atom stereocenters. The van der Waals surface area contributed by atoms with E-state index in [2.05, 4.69) is 11.4 Å². The van der Waals surface area contributed by atoms with Gasteiger partial charge in [0.1, 0.15) is 5.82 Å². The number of aryl methyl sites for hydroxylation is 1. The summed E-state index contributed by atoms with van der Waals surface area (Å²) in [5.74, 6) is -0.722. The number of para-hydroxylation sites is 1. The molecular formula is C21H25FN2O3S. The van der Waals surface area contributed by atoms with Crippen LogP contribution in [0.15, 0.2) is 48.5 Å². The number of hydrogen-bond donors (Lipinski definition) is 1. The molecule has 7 heteroatoms. The summed E-state index contributed by atoms with van der Waals surface area (Å²) in [5.41, 5.74) is 2.43. The summed E-state index contributed by atoms with van der Waals surface area (Å²) in [7, 11) is -3.64. The van der Waals surface area contributed by atoms with Crippen LogP contribution in [0.4, 0.5) is 10.1 Å². The summed E-state index contributed by atoms with van der Waals surface area (Å²) in [6, 6.07) is 13.9. The van der Waals surface area contributed by atoms with Crippen LogP contribution < -0.4 is 9.62 Å². The molecule has 0 bridgehead atoms. The zero-order chi connectivity index (χ0) is 20.1. The van der Waals surface area contributed by atoms with Crippen LogP contribution in [0, 0.1) is 5.82 Å². The van der Waals surface area contributed by atoms with Gasteiger partial charge in [0.05, 0.1) is 18.0 Å². The van der Waals surface area contributed by atoms with Crippen LogP contribution in [0.2, 0.25) is 0 Å². The molecule has 0 fully saturated rings. The normalized spacial score (nSPS) is 16.3. The maximum absolute atomic E-state index is 14.0. The second kappa shape index (κ2) is 8.73. The first-order valence-corrected chi connectivity index (χ1v) is 11.3. The van der Waals surface area contributed by atoms with Gasteiger partial charge < -0.3 is 5.32 Å². The van der Waals surface area contributed by atoms with Crippen molar-refractivity contribution in [2.75, 3.05) is 17.1 Å². The van der Waals surface area contributed by atoms with Gasteiger partial charge in [0.25, 0.3) is 0 Å². The highest BCUT2D eigenvalue weighted by Crippen LogP contribution is 2.29. The fourth-order valence-corrected chi connectivity index (χ4v) is 4.64. The number of hydrogen-bond acceptors (Lipinski definition) is 3. The van der Waals surface area contributed by atoms with Crippen molar-refractivity contribution in [1.29, 1.82) is 0 Å². The Hall–Kier alpha value is -2.41. The van der Waals surface area contributed by atoms with Crippen LogP contribution >= 0.6 is 0 Å². The van der Waals surface area contributed by atoms with E-state index in [4.69, 9.17) is 0 Å². The minimum absolute atomic E-state index is 0.00460. The number of amides is 1. The number of nitrogens with zero attached hydrogens (tertiary/aromatic N) is 1. The maximum atomic E-state index is 14.0. The van der Waals surface area contributed by atoms with Gasteiger partial charge in [-0.1, -0.05) is 36.4 Å². The monoisotopic (exact) mass is 404 g/mol. The summed E-state index contributed by atoms with van der Waals surface area (Å²) in [6.07, 6.45) is 4.47. The fourth-order valence-electron chi connectivity index (χ4n) is 3.67. The third kappa shape index (κ3) is 4.90. The van der Waals surface area contributed by atoms with Crippen molar-refractivity contribution in [3.05, 3.63) is 65.5 Å². The number of nitrogens with one attached hydrogen (secondary N) is 1. The van der Waals surface area contributed by atoms with Gasteiger partial charge in [-0.05, 0) is 48.9 Å². The number of fused-ring (bicyclic) bond motifs is 1. The molecule has 3 rings (SSSR count). The largest absolute Gasteiger partial charge is 0.349 e. The smallest absolute Gasteiger partial charge is 0.232 e. The van der Waals surface area contributed by atoms with Gasteiger partial charge >= 0.3 is 0 Å². The lowest BCUT2D eigenvalue weighted by molar-refractivity contribution is -0.122. The van der Waals surface area contributed by atoms with Crippen LogP contribution in [-0.4, -0.2) is 27.1 Å². The quantitative estimate of drug-likeness (QED) is 0.767. The van der Waals surface area contributed by atoms with E-state index in [1.807, 2.05) is 18.2 Å². The summed E-state index contributed by atoms with van der Waals surface area (Å²) >= 11 is 0. The Morgan fingerprint density at radius 2 is 1.89 bits per heavy atom. The van der Waals surface area contributed by atoms with Gasteiger partial charge in [-0.15, -0.1) is 0 Å². The van der Waals surface area contributed by atoms with E-state index in [0.717, 1.165) is 35.4 Å². The molecular weight excluding hydrogens is 379 g/mol. The van der Waals surface area contributed by atoms with Crippen molar-refractivity contribution in [3.63, 3.8) is 0 Å². The molecule has 0 aromatic heterocycles. The molecule has 2 aromatic carbocycles. The highest BCUT2D eigenvalue weighted by atomic mass is 32.2. The second-order valence-electron chi connectivity index (χ2n) is 7.10. The van der Waals surface area contributed by atoms with E-state index in [0.29, 0.717) is 6.42 Å². The van der Waals surface area contributed by atoms with Crippen LogP contribution in [0.25, 0.3) is 0 Å². The number of sulfonamides is 1. The number of carbonyl (C=O) groups is 1. The van der Waals surface area contributed by atoms with Crippen LogP contribution in [-0.2, 0) is 21.2 Å². The molecule has 1 aliphatic rings. The third-order valence-electron chi connectivity index (χ3n) is 4.99. The maximum Gasteiger partial charge on any atom is 0.232 e. The minimum atomic E-state index is -3.64.